The average Bonchev–Trinajstić information content (AvgIpc) is 3.13. The van der Waals surface area contributed by atoms with Crippen molar-refractivity contribution in [2.45, 2.75) is 37.8 Å². The van der Waals surface area contributed by atoms with Crippen LogP contribution < -0.4 is 0 Å². The van der Waals surface area contributed by atoms with Gasteiger partial charge in [-0.3, -0.25) is 4.79 Å². The number of carbonyl (C=O) groups excluding carboxylic acids is 1. The predicted molar refractivity (Wildman–Crippen MR) is 95.8 cm³/mol. The summed E-state index contributed by atoms with van der Waals surface area (Å²) in [5.41, 5.74) is 2.56. The van der Waals surface area contributed by atoms with Gasteiger partial charge in [-0.1, -0.05) is 6.07 Å². The number of aromatic amines is 1. The second kappa shape index (κ2) is 6.65. The van der Waals surface area contributed by atoms with Crippen molar-refractivity contribution in [2.75, 3.05) is 13.6 Å². The third-order valence-corrected chi connectivity index (χ3v) is 6.74. The largest absolute Gasteiger partial charge is 0.357 e. The van der Waals surface area contributed by atoms with Crippen LogP contribution in [-0.4, -0.2) is 48.1 Å². The van der Waals surface area contributed by atoms with Crippen molar-refractivity contribution in [3.8, 4) is 0 Å². The molecule has 3 rings (SSSR count). The lowest BCUT2D eigenvalue weighted by Gasteiger charge is -2.29. The summed E-state index contributed by atoms with van der Waals surface area (Å²) in [7, 11) is -1.90. The lowest BCUT2D eigenvalue weighted by molar-refractivity contribution is 0.0729. The second-order valence-corrected chi connectivity index (χ2v) is 8.60. The maximum atomic E-state index is 12.6. The number of rotatable bonds is 4. The van der Waals surface area contributed by atoms with E-state index in [1.807, 2.05) is 19.9 Å². The van der Waals surface area contributed by atoms with E-state index in [9.17, 15) is 13.2 Å². The van der Waals surface area contributed by atoms with Gasteiger partial charge in [0.1, 0.15) is 5.69 Å². The van der Waals surface area contributed by atoms with Gasteiger partial charge in [0.15, 0.2) is 0 Å². The normalized spacial score (nSPS) is 14.8. The number of hydrogen-bond donors (Lipinski definition) is 1. The topological polar surface area (TPSA) is 73.5 Å². The van der Waals surface area contributed by atoms with E-state index in [-0.39, 0.29) is 11.9 Å². The highest BCUT2D eigenvalue weighted by Gasteiger charge is 2.27. The maximum absolute atomic E-state index is 12.6. The molecule has 1 aromatic heterocycles. The summed E-state index contributed by atoms with van der Waals surface area (Å²) in [6, 6.07) is 8.66. The summed E-state index contributed by atoms with van der Waals surface area (Å²) in [4.78, 5) is 17.5. The third kappa shape index (κ3) is 3.34. The Morgan fingerprint density at radius 3 is 2.64 bits per heavy atom. The van der Waals surface area contributed by atoms with E-state index in [0.29, 0.717) is 30.1 Å². The van der Waals surface area contributed by atoms with Gasteiger partial charge < -0.3 is 9.88 Å². The third-order valence-electron chi connectivity index (χ3n) is 4.71. The number of carbonyl (C=O) groups is 1. The Labute approximate surface area is 148 Å². The Balaban J connectivity index is 1.83. The minimum absolute atomic E-state index is 0.0353. The first-order valence-corrected chi connectivity index (χ1v) is 9.77. The lowest BCUT2D eigenvalue weighted by Crippen LogP contribution is -2.36. The molecule has 1 N–H and O–H groups in total. The number of H-pyrrole nitrogens is 1. The monoisotopic (exact) mass is 361 g/mol. The summed E-state index contributed by atoms with van der Waals surface area (Å²) < 4.78 is 26.7. The minimum atomic E-state index is -3.49. The first-order chi connectivity index (χ1) is 11.8. The van der Waals surface area contributed by atoms with Crippen LogP contribution in [0.2, 0.25) is 0 Å². The molecule has 6 nitrogen and oxygen atoms in total. The molecule has 0 bridgehead atoms. The molecule has 1 amide bonds. The van der Waals surface area contributed by atoms with Gasteiger partial charge in [-0.2, -0.15) is 4.31 Å². The molecule has 25 heavy (non-hydrogen) atoms. The first kappa shape index (κ1) is 17.7. The van der Waals surface area contributed by atoms with Crippen molar-refractivity contribution < 1.29 is 13.2 Å². The van der Waals surface area contributed by atoms with Crippen LogP contribution in [0, 0.1) is 0 Å². The number of fused-ring (bicyclic) bond motifs is 1. The lowest BCUT2D eigenvalue weighted by atomic mass is 9.99. The molecule has 0 radical (unpaired) electrons. The molecule has 0 aliphatic carbocycles. The summed E-state index contributed by atoms with van der Waals surface area (Å²) in [5.74, 6) is -0.0353. The molecule has 1 aliphatic rings. The van der Waals surface area contributed by atoms with Crippen LogP contribution in [-0.2, 0) is 23.0 Å². The first-order valence-electron chi connectivity index (χ1n) is 8.33. The van der Waals surface area contributed by atoms with Gasteiger partial charge >= 0.3 is 0 Å². The predicted octanol–water partition coefficient (Wildman–Crippen LogP) is 2.24. The van der Waals surface area contributed by atoms with Gasteiger partial charge in [-0.25, -0.2) is 8.42 Å². The Morgan fingerprint density at radius 1 is 1.24 bits per heavy atom. The average molecular weight is 361 g/mol. The molecule has 1 aliphatic heterocycles. The fourth-order valence-electron chi connectivity index (χ4n) is 2.94. The zero-order chi connectivity index (χ0) is 18.2. The molecule has 0 atom stereocenters. The SMILES string of the molecule is CC(C)N(C)S(=O)(=O)c1ccc2c(c1)CCN(C(=O)c1ccc[nH]1)C2. The standard InChI is InChI=1S/C18H23N3O3S/c1-13(2)20(3)25(23,24)16-7-6-15-12-21(10-8-14(15)11-16)18(22)17-5-4-9-19-17/h4-7,9,11,13,19H,8,10,12H2,1-3H3. The van der Waals surface area contributed by atoms with E-state index in [4.69, 9.17) is 0 Å². The zero-order valence-corrected chi connectivity index (χ0v) is 15.5. The van der Waals surface area contributed by atoms with E-state index in [2.05, 4.69) is 4.98 Å². The van der Waals surface area contributed by atoms with Gasteiger partial charge in [0, 0.05) is 32.4 Å². The van der Waals surface area contributed by atoms with Crippen molar-refractivity contribution in [1.82, 2.24) is 14.2 Å². The molecule has 0 unspecified atom stereocenters. The Hall–Kier alpha value is -2.12. The van der Waals surface area contributed by atoms with Crippen LogP contribution >= 0.6 is 0 Å². The van der Waals surface area contributed by atoms with Crippen LogP contribution in [0.3, 0.4) is 0 Å². The number of sulfonamides is 1. The quantitative estimate of drug-likeness (QED) is 0.908. The fourth-order valence-corrected chi connectivity index (χ4v) is 4.36. The summed E-state index contributed by atoms with van der Waals surface area (Å²) >= 11 is 0. The van der Waals surface area contributed by atoms with Gasteiger partial charge in [-0.05, 0) is 55.7 Å². The van der Waals surface area contributed by atoms with Crippen molar-refractivity contribution >= 4 is 15.9 Å². The zero-order valence-electron chi connectivity index (χ0n) is 14.7. The molecule has 1 aromatic carbocycles. The van der Waals surface area contributed by atoms with Crippen molar-refractivity contribution in [2.24, 2.45) is 0 Å². The Morgan fingerprint density at radius 2 is 2.00 bits per heavy atom. The Bertz CT molecular complexity index is 873. The minimum Gasteiger partial charge on any atom is -0.357 e. The van der Waals surface area contributed by atoms with Crippen molar-refractivity contribution in [3.05, 3.63) is 53.3 Å². The highest BCUT2D eigenvalue weighted by Crippen LogP contribution is 2.25. The van der Waals surface area contributed by atoms with E-state index in [0.717, 1.165) is 11.1 Å². The van der Waals surface area contributed by atoms with Gasteiger partial charge in [0.05, 0.1) is 4.90 Å². The molecule has 0 fully saturated rings. The molecule has 134 valence electrons. The molecule has 0 spiro atoms. The highest BCUT2D eigenvalue weighted by atomic mass is 32.2. The van der Waals surface area contributed by atoms with Gasteiger partial charge in [-0.15, -0.1) is 0 Å². The van der Waals surface area contributed by atoms with Crippen LogP contribution in [0.25, 0.3) is 0 Å². The number of hydrogen-bond acceptors (Lipinski definition) is 3. The number of benzene rings is 1. The number of nitrogens with zero attached hydrogens (tertiary/aromatic N) is 2. The van der Waals surface area contributed by atoms with Crippen LogP contribution in [0.4, 0.5) is 0 Å². The molecular weight excluding hydrogens is 338 g/mol. The van der Waals surface area contributed by atoms with E-state index in [1.165, 1.54) is 4.31 Å². The van der Waals surface area contributed by atoms with E-state index < -0.39 is 10.0 Å². The van der Waals surface area contributed by atoms with Crippen LogP contribution in [0.5, 0.6) is 0 Å². The molecule has 7 heteroatoms. The molecule has 2 aromatic rings. The summed E-state index contributed by atoms with van der Waals surface area (Å²) in [6.45, 7) is 4.77. The van der Waals surface area contributed by atoms with Crippen molar-refractivity contribution in [1.29, 1.82) is 0 Å². The fraction of sp³-hybridized carbons (Fsp3) is 0.389. The van der Waals surface area contributed by atoms with Gasteiger partial charge in [0.25, 0.3) is 5.91 Å². The number of nitrogens with one attached hydrogen (secondary N) is 1. The summed E-state index contributed by atoms with van der Waals surface area (Å²) in [6.07, 6.45) is 2.38. The summed E-state index contributed by atoms with van der Waals surface area (Å²) in [5, 5.41) is 0. The second-order valence-electron chi connectivity index (χ2n) is 6.61. The number of amides is 1. The molecule has 2 heterocycles. The van der Waals surface area contributed by atoms with Crippen molar-refractivity contribution in [3.63, 3.8) is 0 Å². The number of aromatic nitrogens is 1. The Kier molecular flexibility index (Phi) is 4.71. The maximum Gasteiger partial charge on any atom is 0.270 e. The van der Waals surface area contributed by atoms with Gasteiger partial charge in [0.2, 0.25) is 10.0 Å². The smallest absolute Gasteiger partial charge is 0.270 e. The molecule has 0 saturated heterocycles. The van der Waals surface area contributed by atoms with E-state index in [1.54, 1.807) is 42.4 Å². The van der Waals surface area contributed by atoms with E-state index >= 15 is 0 Å². The highest BCUT2D eigenvalue weighted by molar-refractivity contribution is 7.89. The van der Waals surface area contributed by atoms with Crippen LogP contribution in [0.15, 0.2) is 41.4 Å². The molecule has 0 saturated carbocycles. The molecular formula is C18H23N3O3S. The van der Waals surface area contributed by atoms with Crippen LogP contribution in [0.1, 0.15) is 35.5 Å².